The summed E-state index contributed by atoms with van der Waals surface area (Å²) in [6.07, 6.45) is 0.711. The van der Waals surface area contributed by atoms with Crippen molar-refractivity contribution < 1.29 is 0 Å². The molecule has 0 aliphatic heterocycles. The van der Waals surface area contributed by atoms with Gasteiger partial charge in [-0.15, -0.1) is 11.6 Å². The van der Waals surface area contributed by atoms with Gasteiger partial charge in [0.25, 0.3) is 0 Å². The highest BCUT2D eigenvalue weighted by Crippen LogP contribution is 2.27. The molecule has 0 aliphatic rings. The van der Waals surface area contributed by atoms with Crippen molar-refractivity contribution in [3.8, 4) is 5.69 Å². The van der Waals surface area contributed by atoms with Crippen LogP contribution in [0.4, 0.5) is 0 Å². The van der Waals surface area contributed by atoms with Crippen LogP contribution in [0.15, 0.2) is 40.9 Å². The van der Waals surface area contributed by atoms with Gasteiger partial charge in [0.15, 0.2) is 0 Å². The van der Waals surface area contributed by atoms with E-state index < -0.39 is 0 Å². The zero-order chi connectivity index (χ0) is 15.0. The van der Waals surface area contributed by atoms with E-state index in [-0.39, 0.29) is 0 Å². The molecule has 3 rings (SSSR count). The highest BCUT2D eigenvalue weighted by Gasteiger charge is 2.13. The van der Waals surface area contributed by atoms with Crippen molar-refractivity contribution in [2.24, 2.45) is 0 Å². The number of aryl methyl sites for hydroxylation is 2. The van der Waals surface area contributed by atoms with E-state index in [4.69, 9.17) is 23.2 Å². The molecular formula is C16H13BrCl2N2. The summed E-state index contributed by atoms with van der Waals surface area (Å²) in [5.74, 6) is 1.48. The Hall–Kier alpha value is -1.03. The van der Waals surface area contributed by atoms with E-state index in [1.807, 2.05) is 18.2 Å². The third-order valence-corrected chi connectivity index (χ3v) is 4.72. The lowest BCUT2D eigenvalue weighted by atomic mass is 10.2. The van der Waals surface area contributed by atoms with Gasteiger partial charge in [0.2, 0.25) is 0 Å². The maximum atomic E-state index is 6.07. The monoisotopic (exact) mass is 382 g/mol. The number of hydrogen-bond acceptors (Lipinski definition) is 1. The summed E-state index contributed by atoms with van der Waals surface area (Å²) in [5, 5.41) is 0.691. The molecule has 0 saturated heterocycles. The van der Waals surface area contributed by atoms with Gasteiger partial charge in [-0.25, -0.2) is 4.98 Å². The van der Waals surface area contributed by atoms with E-state index in [9.17, 15) is 0 Å². The van der Waals surface area contributed by atoms with E-state index in [0.29, 0.717) is 17.3 Å². The number of benzene rings is 2. The van der Waals surface area contributed by atoms with Gasteiger partial charge in [0.1, 0.15) is 5.82 Å². The van der Waals surface area contributed by atoms with E-state index in [1.165, 1.54) is 5.56 Å². The van der Waals surface area contributed by atoms with Crippen molar-refractivity contribution in [3.05, 3.63) is 57.3 Å². The van der Waals surface area contributed by atoms with E-state index in [0.717, 1.165) is 27.0 Å². The number of nitrogens with zero attached hydrogens (tertiary/aromatic N) is 2. The van der Waals surface area contributed by atoms with Crippen LogP contribution in [0.2, 0.25) is 5.02 Å². The Bertz CT molecular complexity index is 811. The van der Waals surface area contributed by atoms with Gasteiger partial charge < -0.3 is 0 Å². The molecule has 1 heterocycles. The Kier molecular flexibility index (Phi) is 4.25. The zero-order valence-electron chi connectivity index (χ0n) is 11.4. The summed E-state index contributed by atoms with van der Waals surface area (Å²) in [5.41, 5.74) is 4.20. The second-order valence-electron chi connectivity index (χ2n) is 4.87. The third kappa shape index (κ3) is 2.83. The predicted molar refractivity (Wildman–Crippen MR) is 92.9 cm³/mol. The number of rotatable bonds is 3. The Morgan fingerprint density at radius 2 is 2.00 bits per heavy atom. The first kappa shape index (κ1) is 14.9. The predicted octanol–water partition coefficient (Wildman–Crippen LogP) is 5.53. The summed E-state index contributed by atoms with van der Waals surface area (Å²) in [7, 11) is 0. The summed E-state index contributed by atoms with van der Waals surface area (Å²) in [4.78, 5) is 4.67. The topological polar surface area (TPSA) is 17.8 Å². The lowest BCUT2D eigenvalue weighted by molar-refractivity contribution is 0.911. The van der Waals surface area contributed by atoms with E-state index in [1.54, 1.807) is 0 Å². The molecule has 108 valence electrons. The van der Waals surface area contributed by atoms with Crippen molar-refractivity contribution in [2.75, 3.05) is 5.88 Å². The molecule has 0 aliphatic carbocycles. The lowest BCUT2D eigenvalue weighted by Gasteiger charge is -2.10. The van der Waals surface area contributed by atoms with Gasteiger partial charge in [0, 0.05) is 27.5 Å². The summed E-state index contributed by atoms with van der Waals surface area (Å²) < 4.78 is 3.24. The molecule has 0 N–H and O–H groups in total. The number of halogens is 3. The molecule has 2 nitrogen and oxygen atoms in total. The van der Waals surface area contributed by atoms with Gasteiger partial charge in [-0.05, 0) is 48.9 Å². The minimum absolute atomic E-state index is 0.534. The number of alkyl halides is 1. The van der Waals surface area contributed by atoms with Crippen molar-refractivity contribution in [1.29, 1.82) is 0 Å². The second kappa shape index (κ2) is 5.99. The largest absolute Gasteiger partial charge is 0.296 e. The zero-order valence-corrected chi connectivity index (χ0v) is 14.5. The first-order chi connectivity index (χ1) is 10.1. The Balaban J connectivity index is 2.27. The number of hydrogen-bond donors (Lipinski definition) is 0. The highest BCUT2D eigenvalue weighted by atomic mass is 79.9. The molecule has 2 aromatic carbocycles. The second-order valence-corrected chi connectivity index (χ2v) is 6.54. The molecular weight excluding hydrogens is 371 g/mol. The SMILES string of the molecule is Cc1cc(-n2c(CCCl)nc3cc(Cl)ccc32)ccc1Br. The van der Waals surface area contributed by atoms with Crippen molar-refractivity contribution in [3.63, 3.8) is 0 Å². The van der Waals surface area contributed by atoms with Gasteiger partial charge in [-0.2, -0.15) is 0 Å². The molecule has 0 spiro atoms. The summed E-state index contributed by atoms with van der Waals surface area (Å²) >= 11 is 15.5. The minimum atomic E-state index is 0.534. The molecule has 1 aromatic heterocycles. The lowest BCUT2D eigenvalue weighted by Crippen LogP contribution is -2.02. The molecule has 0 radical (unpaired) electrons. The highest BCUT2D eigenvalue weighted by molar-refractivity contribution is 9.10. The van der Waals surface area contributed by atoms with Gasteiger partial charge >= 0.3 is 0 Å². The van der Waals surface area contributed by atoms with E-state index >= 15 is 0 Å². The van der Waals surface area contributed by atoms with Crippen LogP contribution in [0.1, 0.15) is 11.4 Å². The Labute approximate surface area is 141 Å². The minimum Gasteiger partial charge on any atom is -0.296 e. The molecule has 21 heavy (non-hydrogen) atoms. The first-order valence-electron chi connectivity index (χ1n) is 6.59. The Morgan fingerprint density at radius 1 is 1.19 bits per heavy atom. The Morgan fingerprint density at radius 3 is 2.71 bits per heavy atom. The quantitative estimate of drug-likeness (QED) is 0.543. The normalized spacial score (nSPS) is 11.2. The smallest absolute Gasteiger partial charge is 0.115 e. The molecule has 0 bridgehead atoms. The molecule has 0 fully saturated rings. The molecule has 0 unspecified atom stereocenters. The van der Waals surface area contributed by atoms with Gasteiger partial charge in [-0.1, -0.05) is 27.5 Å². The molecule has 0 atom stereocenters. The molecule has 3 aromatic rings. The van der Waals surface area contributed by atoms with Crippen LogP contribution < -0.4 is 0 Å². The van der Waals surface area contributed by atoms with Crippen molar-refractivity contribution in [2.45, 2.75) is 13.3 Å². The first-order valence-corrected chi connectivity index (χ1v) is 8.30. The molecule has 5 heteroatoms. The van der Waals surface area contributed by atoms with Crippen molar-refractivity contribution >= 4 is 50.2 Å². The van der Waals surface area contributed by atoms with Crippen LogP contribution >= 0.6 is 39.1 Å². The number of imidazole rings is 1. The van der Waals surface area contributed by atoms with Crippen LogP contribution in [0.25, 0.3) is 16.7 Å². The maximum Gasteiger partial charge on any atom is 0.115 e. The van der Waals surface area contributed by atoms with Crippen LogP contribution in [0.3, 0.4) is 0 Å². The average Bonchev–Trinajstić information content (AvgIpc) is 2.79. The summed E-state index contributed by atoms with van der Waals surface area (Å²) in [6.45, 7) is 2.07. The number of fused-ring (bicyclic) bond motifs is 1. The maximum absolute atomic E-state index is 6.07. The summed E-state index contributed by atoms with van der Waals surface area (Å²) in [6, 6.07) is 12.0. The average molecular weight is 384 g/mol. The van der Waals surface area contributed by atoms with Crippen LogP contribution in [0, 0.1) is 6.92 Å². The fourth-order valence-corrected chi connectivity index (χ4v) is 2.99. The molecule has 0 amide bonds. The van der Waals surface area contributed by atoms with Gasteiger partial charge in [-0.3, -0.25) is 4.57 Å². The van der Waals surface area contributed by atoms with Crippen LogP contribution in [0.5, 0.6) is 0 Å². The van der Waals surface area contributed by atoms with E-state index in [2.05, 4.69) is 50.6 Å². The molecule has 0 saturated carbocycles. The fourth-order valence-electron chi connectivity index (χ4n) is 2.41. The standard InChI is InChI=1S/C16H13BrCl2N2/c1-10-8-12(3-4-13(10)17)21-15-5-2-11(19)9-14(15)20-16(21)6-7-18/h2-5,8-9H,6-7H2,1H3. The third-order valence-electron chi connectivity index (χ3n) is 3.40. The van der Waals surface area contributed by atoms with Crippen LogP contribution in [-0.4, -0.2) is 15.4 Å². The van der Waals surface area contributed by atoms with Crippen molar-refractivity contribution in [1.82, 2.24) is 9.55 Å². The number of aromatic nitrogens is 2. The fraction of sp³-hybridized carbons (Fsp3) is 0.188. The van der Waals surface area contributed by atoms with Crippen LogP contribution in [-0.2, 0) is 6.42 Å². The van der Waals surface area contributed by atoms with Gasteiger partial charge in [0.05, 0.1) is 11.0 Å².